The molecular weight excluding hydrogens is 362 g/mol. The van der Waals surface area contributed by atoms with Gasteiger partial charge in [0.25, 0.3) is 0 Å². The molecule has 5 N–H and O–H groups in total. The highest BCUT2D eigenvalue weighted by Gasteiger charge is 2.29. The van der Waals surface area contributed by atoms with Gasteiger partial charge in [-0.15, -0.1) is 11.3 Å². The van der Waals surface area contributed by atoms with Gasteiger partial charge in [-0.1, -0.05) is 12.1 Å². The lowest BCUT2D eigenvalue weighted by molar-refractivity contribution is 0.170. The maximum Gasteiger partial charge on any atom is 0.238 e. The number of fused-ring (bicyclic) bond motifs is 1. The fourth-order valence-corrected chi connectivity index (χ4v) is 4.13. The van der Waals surface area contributed by atoms with Crippen LogP contribution in [0.3, 0.4) is 0 Å². The molecule has 0 spiro atoms. The number of nitrogens with one attached hydrogen (secondary N) is 1. The van der Waals surface area contributed by atoms with Crippen molar-refractivity contribution in [1.29, 1.82) is 0 Å². The van der Waals surface area contributed by atoms with E-state index >= 15 is 0 Å². The summed E-state index contributed by atoms with van der Waals surface area (Å²) in [6.45, 7) is 2.35. The number of hydrogen-bond acceptors (Lipinski definition) is 7. The van der Waals surface area contributed by atoms with E-state index < -0.39 is 22.2 Å². The summed E-state index contributed by atoms with van der Waals surface area (Å²) in [6, 6.07) is 6.33. The Balaban J connectivity index is 1.62. The second kappa shape index (κ2) is 6.85. The van der Waals surface area contributed by atoms with Crippen molar-refractivity contribution >= 4 is 21.4 Å². The highest BCUT2D eigenvalue weighted by atomic mass is 32.2. The molecule has 2 aromatic rings. The summed E-state index contributed by atoms with van der Waals surface area (Å²) < 4.78 is 22.5. The summed E-state index contributed by atoms with van der Waals surface area (Å²) >= 11 is 1.38. The van der Waals surface area contributed by atoms with E-state index in [0.29, 0.717) is 29.2 Å². The number of nitrogens with zero attached hydrogens (tertiary/aromatic N) is 1. The molecule has 3 rings (SSSR count). The lowest BCUT2D eigenvalue weighted by atomic mass is 10.0. The number of sulfonamides is 1. The van der Waals surface area contributed by atoms with Gasteiger partial charge in [0, 0.05) is 12.2 Å². The third-order valence-corrected chi connectivity index (χ3v) is 5.93. The molecule has 9 heteroatoms. The van der Waals surface area contributed by atoms with Crippen molar-refractivity contribution in [2.75, 3.05) is 6.54 Å². The Labute approximate surface area is 149 Å². The summed E-state index contributed by atoms with van der Waals surface area (Å²) in [7, 11) is -3.69. The van der Waals surface area contributed by atoms with Crippen molar-refractivity contribution in [2.45, 2.75) is 30.4 Å². The first-order chi connectivity index (χ1) is 11.8. The fraction of sp³-hybridized carbons (Fsp3) is 0.312. The Morgan fingerprint density at radius 3 is 2.60 bits per heavy atom. The Hall–Kier alpha value is -1.78. The van der Waals surface area contributed by atoms with E-state index in [-0.39, 0.29) is 4.90 Å². The predicted octanol–water partition coefficient (Wildman–Crippen LogP) is 0.896. The minimum absolute atomic E-state index is 0.0733. The van der Waals surface area contributed by atoms with E-state index in [9.17, 15) is 18.6 Å². The highest BCUT2D eigenvalue weighted by Crippen LogP contribution is 2.37. The predicted molar refractivity (Wildman–Crippen MR) is 94.4 cm³/mol. The van der Waals surface area contributed by atoms with Gasteiger partial charge in [-0.2, -0.15) is 0 Å². The molecule has 1 aliphatic rings. The molecule has 2 unspecified atom stereocenters. The van der Waals surface area contributed by atoms with Crippen LogP contribution in [0, 0.1) is 6.92 Å². The summed E-state index contributed by atoms with van der Waals surface area (Å²) in [5.41, 5.74) is 1.94. The minimum atomic E-state index is -3.69. The van der Waals surface area contributed by atoms with Gasteiger partial charge in [-0.3, -0.25) is 0 Å². The van der Waals surface area contributed by atoms with E-state index in [1.165, 1.54) is 23.5 Å². The number of benzene rings is 1. The van der Waals surface area contributed by atoms with Gasteiger partial charge < -0.3 is 15.5 Å². The summed E-state index contributed by atoms with van der Waals surface area (Å²) in [5, 5.41) is 29.5. The van der Waals surface area contributed by atoms with Crippen LogP contribution in [0.5, 0.6) is 0 Å². The molecule has 0 saturated carbocycles. The summed E-state index contributed by atoms with van der Waals surface area (Å²) in [5.74, 6) is 0. The summed E-state index contributed by atoms with van der Waals surface area (Å²) in [6.07, 6.45) is 0.553. The SMILES string of the molecule is Cc1nc2c(s1)C(O)C=C(NCCc1ccc(S(N)(=O)=O)cc1)C2O. The van der Waals surface area contributed by atoms with Crippen molar-refractivity contribution in [3.8, 4) is 0 Å². The Morgan fingerprint density at radius 1 is 1.28 bits per heavy atom. The Morgan fingerprint density at radius 2 is 1.96 bits per heavy atom. The third-order valence-electron chi connectivity index (χ3n) is 3.94. The molecule has 0 radical (unpaired) electrons. The molecule has 0 bridgehead atoms. The quantitative estimate of drug-likeness (QED) is 0.610. The average molecular weight is 381 g/mol. The van der Waals surface area contributed by atoms with Crippen LogP contribution in [-0.2, 0) is 16.4 Å². The van der Waals surface area contributed by atoms with Crippen LogP contribution in [0.25, 0.3) is 0 Å². The smallest absolute Gasteiger partial charge is 0.238 e. The van der Waals surface area contributed by atoms with Gasteiger partial charge in [0.1, 0.15) is 12.2 Å². The number of aliphatic hydroxyl groups excluding tert-OH is 2. The van der Waals surface area contributed by atoms with E-state index in [2.05, 4.69) is 10.3 Å². The second-order valence-electron chi connectivity index (χ2n) is 5.82. The zero-order valence-corrected chi connectivity index (χ0v) is 15.1. The van der Waals surface area contributed by atoms with Crippen LogP contribution in [0.15, 0.2) is 40.9 Å². The Kier molecular flexibility index (Phi) is 4.94. The van der Waals surface area contributed by atoms with Gasteiger partial charge in [0.15, 0.2) is 0 Å². The monoisotopic (exact) mass is 381 g/mol. The van der Waals surface area contributed by atoms with E-state index in [1.807, 2.05) is 6.92 Å². The molecule has 7 nitrogen and oxygen atoms in total. The number of nitrogens with two attached hydrogens (primary N) is 1. The largest absolute Gasteiger partial charge is 0.386 e. The first-order valence-corrected chi connectivity index (χ1v) is 10.0. The summed E-state index contributed by atoms with van der Waals surface area (Å²) in [4.78, 5) is 5.04. The highest BCUT2D eigenvalue weighted by molar-refractivity contribution is 7.89. The molecule has 1 aromatic heterocycles. The zero-order valence-electron chi connectivity index (χ0n) is 13.5. The van der Waals surface area contributed by atoms with Crippen LogP contribution in [-0.4, -0.2) is 30.2 Å². The van der Waals surface area contributed by atoms with Crippen molar-refractivity contribution in [3.05, 3.63) is 57.2 Å². The van der Waals surface area contributed by atoms with Crippen molar-refractivity contribution in [2.24, 2.45) is 5.14 Å². The first-order valence-electron chi connectivity index (χ1n) is 7.66. The molecule has 0 fully saturated rings. The average Bonchev–Trinajstić information content (AvgIpc) is 2.94. The lowest BCUT2D eigenvalue weighted by Crippen LogP contribution is -2.25. The normalized spacial score (nSPS) is 20.1. The molecule has 134 valence electrons. The molecule has 1 aliphatic carbocycles. The lowest BCUT2D eigenvalue weighted by Gasteiger charge is -2.23. The topological polar surface area (TPSA) is 126 Å². The molecular formula is C16H19N3O4S2. The van der Waals surface area contributed by atoms with Gasteiger partial charge >= 0.3 is 0 Å². The number of rotatable bonds is 5. The maximum absolute atomic E-state index is 11.2. The number of aliphatic hydroxyl groups is 2. The number of aryl methyl sites for hydroxylation is 1. The van der Waals surface area contributed by atoms with Crippen LogP contribution >= 0.6 is 11.3 Å². The van der Waals surface area contributed by atoms with Crippen molar-refractivity contribution < 1.29 is 18.6 Å². The number of hydrogen-bond donors (Lipinski definition) is 4. The fourth-order valence-electron chi connectivity index (χ4n) is 2.70. The van der Waals surface area contributed by atoms with E-state index in [4.69, 9.17) is 5.14 Å². The Bertz CT molecular complexity index is 904. The molecule has 0 saturated heterocycles. The van der Waals surface area contributed by atoms with Crippen LogP contribution in [0.1, 0.15) is 33.4 Å². The van der Waals surface area contributed by atoms with Gasteiger partial charge in [0.05, 0.1) is 20.5 Å². The van der Waals surface area contributed by atoms with Crippen LogP contribution < -0.4 is 10.5 Å². The molecule has 2 atom stereocenters. The van der Waals surface area contributed by atoms with Crippen molar-refractivity contribution in [1.82, 2.24) is 10.3 Å². The number of thiazole rings is 1. The molecule has 1 aromatic carbocycles. The van der Waals surface area contributed by atoms with Crippen LogP contribution in [0.4, 0.5) is 0 Å². The van der Waals surface area contributed by atoms with Gasteiger partial charge in [0.2, 0.25) is 10.0 Å². The van der Waals surface area contributed by atoms with Gasteiger partial charge in [-0.05, 0) is 37.1 Å². The number of aromatic nitrogens is 1. The molecule has 1 heterocycles. The maximum atomic E-state index is 11.2. The van der Waals surface area contributed by atoms with E-state index in [0.717, 1.165) is 10.6 Å². The van der Waals surface area contributed by atoms with Gasteiger partial charge in [-0.25, -0.2) is 18.5 Å². The standard InChI is InChI=1S/C16H19N3O4S2/c1-9-19-14-15(21)12(8-13(20)16(14)24-9)18-7-6-10-2-4-11(5-3-10)25(17,22)23/h2-5,8,13,15,18,20-21H,6-7H2,1H3,(H2,17,22,23). The zero-order chi connectivity index (χ0) is 18.2. The molecule has 25 heavy (non-hydrogen) atoms. The second-order valence-corrected chi connectivity index (χ2v) is 8.61. The van der Waals surface area contributed by atoms with E-state index in [1.54, 1.807) is 18.2 Å². The van der Waals surface area contributed by atoms with Crippen molar-refractivity contribution in [3.63, 3.8) is 0 Å². The minimum Gasteiger partial charge on any atom is -0.386 e. The molecule has 0 aliphatic heterocycles. The first kappa shape index (κ1) is 18.0. The molecule has 0 amide bonds. The van der Waals surface area contributed by atoms with Crippen LogP contribution in [0.2, 0.25) is 0 Å². The number of primary sulfonamides is 1. The third kappa shape index (κ3) is 3.91.